The van der Waals surface area contributed by atoms with E-state index in [-0.39, 0.29) is 0 Å². The summed E-state index contributed by atoms with van der Waals surface area (Å²) in [6, 6.07) is 1.98. The monoisotopic (exact) mass is 164 g/mol. The number of aromatic nitrogens is 2. The summed E-state index contributed by atoms with van der Waals surface area (Å²) in [7, 11) is 0. The van der Waals surface area contributed by atoms with Gasteiger partial charge in [0.15, 0.2) is 0 Å². The molecule has 0 N–H and O–H groups in total. The number of aryl methyl sites for hydroxylation is 1. The fourth-order valence-corrected chi connectivity index (χ4v) is 1.15. The van der Waals surface area contributed by atoms with Gasteiger partial charge in [-0.1, -0.05) is 20.8 Å². The van der Waals surface area contributed by atoms with Gasteiger partial charge in [0.1, 0.15) is 5.82 Å². The fourth-order valence-electron chi connectivity index (χ4n) is 1.15. The molecule has 2 heteroatoms. The number of hydrogen-bond donors (Lipinski definition) is 0. The Morgan fingerprint density at radius 2 is 2.00 bits per heavy atom. The molecule has 0 unspecified atom stereocenters. The van der Waals surface area contributed by atoms with Crippen LogP contribution < -0.4 is 0 Å². The molecule has 0 saturated heterocycles. The van der Waals surface area contributed by atoms with Gasteiger partial charge in [0, 0.05) is 11.9 Å². The van der Waals surface area contributed by atoms with Crippen LogP contribution in [0.3, 0.4) is 0 Å². The first-order valence-corrected chi connectivity index (χ1v) is 4.26. The molecular weight excluding hydrogens is 148 g/mol. The van der Waals surface area contributed by atoms with Crippen molar-refractivity contribution in [3.8, 4) is 0 Å². The van der Waals surface area contributed by atoms with E-state index in [0.717, 1.165) is 17.9 Å². The van der Waals surface area contributed by atoms with Crippen molar-refractivity contribution in [1.82, 2.24) is 9.97 Å². The summed E-state index contributed by atoms with van der Waals surface area (Å²) < 4.78 is 0. The smallest absolute Gasteiger partial charge is 0.125 e. The zero-order chi connectivity index (χ0) is 9.19. The average Bonchev–Trinajstić information content (AvgIpc) is 1.82. The highest BCUT2D eigenvalue weighted by Crippen LogP contribution is 2.18. The summed E-state index contributed by atoms with van der Waals surface area (Å²) in [5.41, 5.74) is 1.44. The van der Waals surface area contributed by atoms with Crippen molar-refractivity contribution in [2.24, 2.45) is 5.41 Å². The first kappa shape index (κ1) is 9.17. The van der Waals surface area contributed by atoms with Crippen LogP contribution in [0, 0.1) is 12.3 Å². The molecule has 1 aromatic heterocycles. The topological polar surface area (TPSA) is 25.8 Å². The van der Waals surface area contributed by atoms with Gasteiger partial charge in [0.2, 0.25) is 0 Å². The summed E-state index contributed by atoms with van der Waals surface area (Å²) in [6.07, 6.45) is 2.83. The van der Waals surface area contributed by atoms with Gasteiger partial charge in [0.25, 0.3) is 0 Å². The van der Waals surface area contributed by atoms with Crippen LogP contribution in [0.1, 0.15) is 32.3 Å². The van der Waals surface area contributed by atoms with E-state index in [1.165, 1.54) is 0 Å². The van der Waals surface area contributed by atoms with Gasteiger partial charge in [0.05, 0.1) is 0 Å². The summed E-state index contributed by atoms with van der Waals surface area (Å²) in [5.74, 6) is 0.858. The first-order valence-electron chi connectivity index (χ1n) is 4.26. The molecule has 0 radical (unpaired) electrons. The zero-order valence-electron chi connectivity index (χ0n) is 8.26. The largest absolute Gasteiger partial charge is 0.242 e. The summed E-state index contributed by atoms with van der Waals surface area (Å²) in [6.45, 7) is 8.56. The molecule has 1 aromatic rings. The van der Waals surface area contributed by atoms with Gasteiger partial charge in [-0.25, -0.2) is 9.97 Å². The Labute approximate surface area is 74.1 Å². The highest BCUT2D eigenvalue weighted by atomic mass is 14.9. The molecule has 0 spiro atoms. The predicted molar refractivity (Wildman–Crippen MR) is 49.9 cm³/mol. The van der Waals surface area contributed by atoms with E-state index in [1.54, 1.807) is 0 Å². The third kappa shape index (κ3) is 2.99. The van der Waals surface area contributed by atoms with Gasteiger partial charge in [-0.3, -0.25) is 0 Å². The molecule has 1 rings (SSSR count). The Bertz CT molecular complexity index is 261. The van der Waals surface area contributed by atoms with Crippen molar-refractivity contribution in [2.45, 2.75) is 34.1 Å². The van der Waals surface area contributed by atoms with E-state index in [1.807, 2.05) is 19.2 Å². The van der Waals surface area contributed by atoms with E-state index in [4.69, 9.17) is 0 Å². The van der Waals surface area contributed by atoms with Gasteiger partial charge >= 0.3 is 0 Å². The van der Waals surface area contributed by atoms with Crippen molar-refractivity contribution in [2.75, 3.05) is 0 Å². The van der Waals surface area contributed by atoms with Crippen LogP contribution in [0.15, 0.2) is 12.3 Å². The normalized spacial score (nSPS) is 11.7. The molecule has 66 valence electrons. The second-order valence-electron chi connectivity index (χ2n) is 4.33. The summed E-state index contributed by atoms with van der Waals surface area (Å²) in [5, 5.41) is 0. The second-order valence-corrected chi connectivity index (χ2v) is 4.33. The van der Waals surface area contributed by atoms with Crippen LogP contribution in [0.5, 0.6) is 0 Å². The van der Waals surface area contributed by atoms with Crippen LogP contribution in [-0.2, 0) is 6.42 Å². The second kappa shape index (κ2) is 3.21. The Hall–Kier alpha value is -0.920. The quantitative estimate of drug-likeness (QED) is 0.637. The molecule has 2 nitrogen and oxygen atoms in total. The Morgan fingerprint density at radius 3 is 2.50 bits per heavy atom. The molecule has 1 heterocycles. The fraction of sp³-hybridized carbons (Fsp3) is 0.600. The van der Waals surface area contributed by atoms with E-state index in [9.17, 15) is 0 Å². The minimum atomic E-state index is 0.306. The Balaban J connectivity index is 2.77. The molecule has 0 bridgehead atoms. The maximum atomic E-state index is 4.35. The van der Waals surface area contributed by atoms with E-state index >= 15 is 0 Å². The maximum absolute atomic E-state index is 4.35. The van der Waals surface area contributed by atoms with Crippen LogP contribution in [0.2, 0.25) is 0 Å². The van der Waals surface area contributed by atoms with Gasteiger partial charge in [-0.15, -0.1) is 0 Å². The van der Waals surface area contributed by atoms with Crippen molar-refractivity contribution < 1.29 is 0 Å². The number of hydrogen-bond acceptors (Lipinski definition) is 2. The van der Waals surface area contributed by atoms with Crippen molar-refractivity contribution in [3.63, 3.8) is 0 Å². The highest BCUT2D eigenvalue weighted by Gasteiger charge is 2.11. The van der Waals surface area contributed by atoms with E-state index in [2.05, 4.69) is 30.7 Å². The molecule has 0 aromatic carbocycles. The van der Waals surface area contributed by atoms with Gasteiger partial charge in [-0.05, 0) is 24.8 Å². The lowest BCUT2D eigenvalue weighted by molar-refractivity contribution is 0.405. The van der Waals surface area contributed by atoms with Crippen molar-refractivity contribution in [1.29, 1.82) is 0 Å². The van der Waals surface area contributed by atoms with Crippen LogP contribution in [0.4, 0.5) is 0 Å². The lowest BCUT2D eigenvalue weighted by Crippen LogP contribution is -2.10. The van der Waals surface area contributed by atoms with E-state index < -0.39 is 0 Å². The van der Waals surface area contributed by atoms with Crippen LogP contribution in [0.25, 0.3) is 0 Å². The molecule has 0 aliphatic rings. The summed E-state index contributed by atoms with van der Waals surface area (Å²) in [4.78, 5) is 8.41. The van der Waals surface area contributed by atoms with E-state index in [0.29, 0.717) is 5.41 Å². The molecule has 0 amide bonds. The lowest BCUT2D eigenvalue weighted by Gasteiger charge is -2.16. The average molecular weight is 164 g/mol. The number of nitrogens with zero attached hydrogens (tertiary/aromatic N) is 2. The standard InChI is InChI=1S/C10H16N2/c1-8-11-6-5-9(12-8)7-10(2,3)4/h5-6H,7H2,1-4H3. The van der Waals surface area contributed by atoms with Gasteiger partial charge in [-0.2, -0.15) is 0 Å². The minimum absolute atomic E-state index is 0.306. The lowest BCUT2D eigenvalue weighted by atomic mass is 9.90. The van der Waals surface area contributed by atoms with Crippen molar-refractivity contribution >= 4 is 0 Å². The highest BCUT2D eigenvalue weighted by molar-refractivity contribution is 5.03. The van der Waals surface area contributed by atoms with Crippen LogP contribution in [-0.4, -0.2) is 9.97 Å². The Morgan fingerprint density at radius 1 is 1.33 bits per heavy atom. The third-order valence-electron chi connectivity index (χ3n) is 1.55. The number of rotatable bonds is 1. The SMILES string of the molecule is Cc1nccc(CC(C)(C)C)n1. The van der Waals surface area contributed by atoms with Crippen molar-refractivity contribution in [3.05, 3.63) is 23.8 Å². The van der Waals surface area contributed by atoms with Gasteiger partial charge < -0.3 is 0 Å². The zero-order valence-corrected chi connectivity index (χ0v) is 8.26. The maximum Gasteiger partial charge on any atom is 0.125 e. The van der Waals surface area contributed by atoms with Crippen LogP contribution >= 0.6 is 0 Å². The molecule has 0 saturated carbocycles. The molecule has 12 heavy (non-hydrogen) atoms. The first-order chi connectivity index (χ1) is 5.47. The molecule has 0 aliphatic heterocycles. The Kier molecular flexibility index (Phi) is 2.46. The molecule has 0 aliphatic carbocycles. The third-order valence-corrected chi connectivity index (χ3v) is 1.55. The minimum Gasteiger partial charge on any atom is -0.242 e. The predicted octanol–water partition coefficient (Wildman–Crippen LogP) is 2.37. The molecule has 0 fully saturated rings. The molecular formula is C10H16N2. The molecule has 0 atom stereocenters. The summed E-state index contributed by atoms with van der Waals surface area (Å²) >= 11 is 0.